The zero-order valence-electron chi connectivity index (χ0n) is 14.3. The third kappa shape index (κ3) is 4.88. The minimum atomic E-state index is -1.50. The topological polar surface area (TPSA) is 117 Å². The van der Waals surface area contributed by atoms with Crippen LogP contribution in [-0.2, 0) is 24.7 Å². The molecule has 0 radical (unpaired) electrons. The molecule has 1 aromatic carbocycles. The molecule has 1 rings (SSSR count). The molecule has 0 saturated carbocycles. The molecule has 0 aliphatic rings. The summed E-state index contributed by atoms with van der Waals surface area (Å²) in [6.45, 7) is 4.87. The lowest BCUT2D eigenvalue weighted by molar-refractivity contribution is -0.153. The molecular weight excluding hydrogens is 392 g/mol. The molecule has 0 fully saturated rings. The maximum Gasteiger partial charge on any atom is 0.350 e. The molecule has 0 aliphatic carbocycles. The highest BCUT2D eigenvalue weighted by molar-refractivity contribution is 9.10. The van der Waals surface area contributed by atoms with Crippen molar-refractivity contribution in [2.75, 3.05) is 6.61 Å². The fourth-order valence-electron chi connectivity index (χ4n) is 2.30. The molecule has 0 bridgehead atoms. The Balaban J connectivity index is 3.22. The van der Waals surface area contributed by atoms with Crippen LogP contribution in [-0.4, -0.2) is 35.3 Å². The van der Waals surface area contributed by atoms with E-state index in [1.807, 2.05) is 0 Å². The Morgan fingerprint density at radius 3 is 2.28 bits per heavy atom. The van der Waals surface area contributed by atoms with Crippen LogP contribution < -0.4 is 5.32 Å². The molecule has 0 aromatic heterocycles. The van der Waals surface area contributed by atoms with Crippen molar-refractivity contribution in [3.63, 3.8) is 0 Å². The molecule has 3 N–H and O–H groups in total. The van der Waals surface area contributed by atoms with Crippen LogP contribution in [0, 0.1) is 11.3 Å². The van der Waals surface area contributed by atoms with Crippen molar-refractivity contribution < 1.29 is 24.2 Å². The van der Waals surface area contributed by atoms with Crippen molar-refractivity contribution in [3.05, 3.63) is 34.3 Å². The number of esters is 1. The Bertz CT molecular complexity index is 674. The summed E-state index contributed by atoms with van der Waals surface area (Å²) < 4.78 is 5.88. The highest BCUT2D eigenvalue weighted by Crippen LogP contribution is 2.25. The molecule has 2 atom stereocenters. The fourth-order valence-corrected chi connectivity index (χ4v) is 2.57. The minimum Gasteiger partial charge on any atom is -0.477 e. The number of nitrogens with one attached hydrogen (secondary N) is 2. The molecular formula is C17H21BrN2O5. The average Bonchev–Trinajstić information content (AvgIpc) is 2.55. The van der Waals surface area contributed by atoms with Gasteiger partial charge in [0.15, 0.2) is 5.54 Å². The highest BCUT2D eigenvalue weighted by atomic mass is 79.9. The molecule has 1 aromatic rings. The van der Waals surface area contributed by atoms with Crippen molar-refractivity contribution in [1.29, 1.82) is 5.41 Å². The minimum absolute atomic E-state index is 0.121. The van der Waals surface area contributed by atoms with Gasteiger partial charge in [-0.25, -0.2) is 9.59 Å². The first-order valence-electron chi connectivity index (χ1n) is 7.74. The summed E-state index contributed by atoms with van der Waals surface area (Å²) in [6.07, 6.45) is 0.121. The average molecular weight is 413 g/mol. The Labute approximate surface area is 154 Å². The predicted octanol–water partition coefficient (Wildman–Crippen LogP) is 2.47. The van der Waals surface area contributed by atoms with Gasteiger partial charge in [0, 0.05) is 4.47 Å². The van der Waals surface area contributed by atoms with Crippen LogP contribution in [0.2, 0.25) is 0 Å². The number of ether oxygens (including phenoxy) is 1. The number of carboxylic acids is 1. The van der Waals surface area contributed by atoms with E-state index in [4.69, 9.17) is 15.3 Å². The molecule has 8 heteroatoms. The van der Waals surface area contributed by atoms with Crippen LogP contribution >= 0.6 is 15.9 Å². The second-order valence-electron chi connectivity index (χ2n) is 5.52. The van der Waals surface area contributed by atoms with Crippen molar-refractivity contribution >= 4 is 39.5 Å². The summed E-state index contributed by atoms with van der Waals surface area (Å²) in [6, 6.07) is 6.75. The van der Waals surface area contributed by atoms with Gasteiger partial charge >= 0.3 is 11.9 Å². The number of hydrogen-bond acceptors (Lipinski definition) is 5. The number of carbonyl (C=O) groups is 3. The number of hydrogen-bond donors (Lipinski definition) is 3. The summed E-state index contributed by atoms with van der Waals surface area (Å²) in [5.74, 6) is -4.01. The van der Waals surface area contributed by atoms with E-state index in [0.29, 0.717) is 5.56 Å². The van der Waals surface area contributed by atoms with Gasteiger partial charge in [-0.15, -0.1) is 0 Å². The third-order valence-corrected chi connectivity index (χ3v) is 4.31. The second-order valence-corrected chi connectivity index (χ2v) is 6.44. The normalized spacial score (nSPS) is 14.1. The number of rotatable bonds is 8. The first-order valence-corrected chi connectivity index (χ1v) is 8.53. The van der Waals surface area contributed by atoms with Crippen LogP contribution in [0.4, 0.5) is 0 Å². The second kappa shape index (κ2) is 8.75. The van der Waals surface area contributed by atoms with E-state index in [2.05, 4.69) is 21.2 Å². The third-order valence-electron chi connectivity index (χ3n) is 3.78. The van der Waals surface area contributed by atoms with Crippen molar-refractivity contribution in [3.8, 4) is 0 Å². The van der Waals surface area contributed by atoms with Crippen LogP contribution in [0.1, 0.15) is 32.8 Å². The number of amides is 1. The van der Waals surface area contributed by atoms with Crippen LogP contribution in [0.5, 0.6) is 0 Å². The summed E-state index contributed by atoms with van der Waals surface area (Å²) in [5, 5.41) is 19.1. The lowest BCUT2D eigenvalue weighted by atomic mass is 9.90. The Hall–Kier alpha value is -2.22. The maximum atomic E-state index is 12.6. The number of carboxylic acid groups (broad SMARTS) is 1. The lowest BCUT2D eigenvalue weighted by Crippen LogP contribution is -2.53. The van der Waals surface area contributed by atoms with E-state index in [1.165, 1.54) is 6.92 Å². The van der Waals surface area contributed by atoms with Crippen molar-refractivity contribution in [2.45, 2.75) is 32.7 Å². The van der Waals surface area contributed by atoms with Gasteiger partial charge < -0.3 is 15.2 Å². The molecule has 0 heterocycles. The highest BCUT2D eigenvalue weighted by Gasteiger charge is 2.40. The van der Waals surface area contributed by atoms with Gasteiger partial charge in [0.25, 0.3) is 0 Å². The standard InChI is InChI=1S/C17H21BrN2O5/c1-4-12(13(19)15(22)23)14(21)20-17(3,16(24)25-5-2)10-6-8-11(18)9-7-10/h6-9,12,19H,4-5H2,1-3H3,(H,20,21)(H,22,23). The van der Waals surface area contributed by atoms with E-state index in [1.54, 1.807) is 38.1 Å². The maximum absolute atomic E-state index is 12.6. The Kier molecular flexibility index (Phi) is 7.29. The zero-order chi connectivity index (χ0) is 19.2. The van der Waals surface area contributed by atoms with Crippen LogP contribution in [0.15, 0.2) is 28.7 Å². The van der Waals surface area contributed by atoms with Gasteiger partial charge in [0.1, 0.15) is 5.71 Å². The quantitative estimate of drug-likeness (QED) is 0.447. The summed E-state index contributed by atoms with van der Waals surface area (Å²) in [7, 11) is 0. The van der Waals surface area contributed by atoms with Gasteiger partial charge in [-0.1, -0.05) is 35.0 Å². The van der Waals surface area contributed by atoms with Gasteiger partial charge in [-0.3, -0.25) is 10.2 Å². The lowest BCUT2D eigenvalue weighted by Gasteiger charge is -2.30. The monoisotopic (exact) mass is 412 g/mol. The molecule has 25 heavy (non-hydrogen) atoms. The molecule has 0 saturated heterocycles. The summed E-state index contributed by atoms with van der Waals surface area (Å²) in [5.41, 5.74) is -1.73. The first-order chi connectivity index (χ1) is 11.7. The largest absolute Gasteiger partial charge is 0.477 e. The predicted molar refractivity (Wildman–Crippen MR) is 95.4 cm³/mol. The van der Waals surface area contributed by atoms with E-state index in [0.717, 1.165) is 4.47 Å². The molecule has 1 amide bonds. The number of benzene rings is 1. The molecule has 2 unspecified atom stereocenters. The van der Waals surface area contributed by atoms with E-state index >= 15 is 0 Å². The van der Waals surface area contributed by atoms with E-state index in [9.17, 15) is 14.4 Å². The Morgan fingerprint density at radius 1 is 1.28 bits per heavy atom. The first kappa shape index (κ1) is 20.8. The summed E-state index contributed by atoms with van der Waals surface area (Å²) >= 11 is 3.30. The SMILES string of the molecule is CCOC(=O)C(C)(NC(=O)C(CC)C(=N)C(=O)O)c1ccc(Br)cc1. The Morgan fingerprint density at radius 2 is 1.84 bits per heavy atom. The van der Waals surface area contributed by atoms with Gasteiger partial charge in [0.2, 0.25) is 5.91 Å². The molecule has 7 nitrogen and oxygen atoms in total. The number of halogens is 1. The smallest absolute Gasteiger partial charge is 0.350 e. The fraction of sp³-hybridized carbons (Fsp3) is 0.412. The van der Waals surface area contributed by atoms with E-state index < -0.39 is 35.0 Å². The molecule has 0 spiro atoms. The number of carbonyl (C=O) groups excluding carboxylic acids is 2. The van der Waals surface area contributed by atoms with E-state index in [-0.39, 0.29) is 13.0 Å². The van der Waals surface area contributed by atoms with Crippen molar-refractivity contribution in [1.82, 2.24) is 5.32 Å². The van der Waals surface area contributed by atoms with Crippen LogP contribution in [0.25, 0.3) is 0 Å². The van der Waals surface area contributed by atoms with Crippen LogP contribution in [0.3, 0.4) is 0 Å². The van der Waals surface area contributed by atoms with Gasteiger partial charge in [0.05, 0.1) is 12.5 Å². The van der Waals surface area contributed by atoms with Gasteiger partial charge in [-0.2, -0.15) is 0 Å². The zero-order valence-corrected chi connectivity index (χ0v) is 15.8. The van der Waals surface area contributed by atoms with Crippen molar-refractivity contribution in [2.24, 2.45) is 5.92 Å². The van der Waals surface area contributed by atoms with Gasteiger partial charge in [-0.05, 0) is 38.0 Å². The summed E-state index contributed by atoms with van der Waals surface area (Å²) in [4.78, 5) is 36.0. The number of aliphatic carboxylic acids is 1. The molecule has 136 valence electrons. The molecule has 0 aliphatic heterocycles.